The molecule has 1 aromatic rings. The fourth-order valence-corrected chi connectivity index (χ4v) is 0.862. The maximum atomic E-state index is 9.10. The highest BCUT2D eigenvalue weighted by Crippen LogP contribution is 2.23. The van der Waals surface area contributed by atoms with Crippen LogP contribution in [0, 0.1) is 0 Å². The fraction of sp³-hybridized carbons (Fsp3) is 0.143. The number of benzene rings is 1. The lowest BCUT2D eigenvalue weighted by molar-refractivity contribution is 0.124. The monoisotopic (exact) mass is 209 g/mol. The summed E-state index contributed by atoms with van der Waals surface area (Å²) in [6, 6.07) is 4.83. The van der Waals surface area contributed by atoms with E-state index in [9.17, 15) is 0 Å². The van der Waals surface area contributed by atoms with Gasteiger partial charge in [-0.3, -0.25) is 4.84 Å². The largest absolute Gasteiger partial charge is 0.506 e. The van der Waals surface area contributed by atoms with Gasteiger partial charge in [0, 0.05) is 0 Å². The first-order valence-electron chi connectivity index (χ1n) is 3.03. The molecule has 0 fully saturated rings. The van der Waals surface area contributed by atoms with Crippen molar-refractivity contribution >= 4 is 24.0 Å². The molecule has 0 aromatic heterocycles. The highest BCUT2D eigenvalue weighted by Gasteiger charge is 1.98. The lowest BCUT2D eigenvalue weighted by Gasteiger charge is -2.00. The predicted octanol–water partition coefficient (Wildman–Crippen LogP) is 1.86. The van der Waals surface area contributed by atoms with Crippen molar-refractivity contribution in [1.29, 1.82) is 0 Å². The summed E-state index contributed by atoms with van der Waals surface area (Å²) < 4.78 is 0. The molecule has 0 saturated carbocycles. The second-order valence-corrected chi connectivity index (χ2v) is 2.50. The molecular weight excluding hydrogens is 201 g/mol. The number of hydrogen-bond donors (Lipinski definition) is 2. The minimum absolute atomic E-state index is 0. The highest BCUT2D eigenvalue weighted by molar-refractivity contribution is 6.31. The first kappa shape index (κ1) is 11.5. The van der Waals surface area contributed by atoms with Gasteiger partial charge in [-0.05, 0) is 17.7 Å². The second kappa shape index (κ2) is 5.22. The van der Waals surface area contributed by atoms with Crippen LogP contribution in [0.4, 0.5) is 0 Å². The third-order valence-electron chi connectivity index (χ3n) is 1.26. The van der Waals surface area contributed by atoms with Gasteiger partial charge in [-0.2, -0.15) is 0 Å². The number of phenols is 1. The van der Waals surface area contributed by atoms with Crippen molar-refractivity contribution < 1.29 is 9.94 Å². The van der Waals surface area contributed by atoms with Gasteiger partial charge in [-0.15, -0.1) is 12.4 Å². The minimum Gasteiger partial charge on any atom is -0.506 e. The SMILES string of the molecule is Cl.NOCc1ccc(Cl)c(O)c1. The summed E-state index contributed by atoms with van der Waals surface area (Å²) in [4.78, 5) is 4.37. The Morgan fingerprint density at radius 3 is 2.67 bits per heavy atom. The standard InChI is InChI=1S/C7H8ClNO2.ClH/c8-6-2-1-5(4-11-9)3-7(6)10;/h1-3,10H,4,9H2;1H. The van der Waals surface area contributed by atoms with Gasteiger partial charge in [0.2, 0.25) is 0 Å². The molecule has 0 unspecified atom stereocenters. The van der Waals surface area contributed by atoms with Gasteiger partial charge in [0.1, 0.15) is 5.75 Å². The normalized spacial score (nSPS) is 9.17. The first-order chi connectivity index (χ1) is 5.24. The van der Waals surface area contributed by atoms with Crippen molar-refractivity contribution in [2.75, 3.05) is 0 Å². The second-order valence-electron chi connectivity index (χ2n) is 2.10. The number of hydrogen-bond acceptors (Lipinski definition) is 3. The first-order valence-corrected chi connectivity index (χ1v) is 3.41. The Bertz CT molecular complexity index is 255. The molecule has 0 saturated heterocycles. The van der Waals surface area contributed by atoms with Crippen molar-refractivity contribution in [3.8, 4) is 5.75 Å². The van der Waals surface area contributed by atoms with Gasteiger partial charge in [0.05, 0.1) is 11.6 Å². The summed E-state index contributed by atoms with van der Waals surface area (Å²) >= 11 is 5.56. The lowest BCUT2D eigenvalue weighted by atomic mass is 10.2. The quantitative estimate of drug-likeness (QED) is 0.732. The molecule has 0 amide bonds. The van der Waals surface area contributed by atoms with Crippen molar-refractivity contribution in [1.82, 2.24) is 0 Å². The third kappa shape index (κ3) is 2.87. The summed E-state index contributed by atoms with van der Waals surface area (Å²) in [5.41, 5.74) is 0.786. The molecule has 0 aliphatic rings. The Kier molecular flexibility index (Phi) is 5.01. The Morgan fingerprint density at radius 2 is 2.17 bits per heavy atom. The number of phenolic OH excluding ortho intramolecular Hbond substituents is 1. The lowest BCUT2D eigenvalue weighted by Crippen LogP contribution is -1.98. The van der Waals surface area contributed by atoms with Crippen LogP contribution in [-0.4, -0.2) is 5.11 Å². The molecule has 0 radical (unpaired) electrons. The van der Waals surface area contributed by atoms with E-state index < -0.39 is 0 Å². The average molecular weight is 210 g/mol. The molecule has 1 aromatic carbocycles. The molecule has 0 atom stereocenters. The number of nitrogens with two attached hydrogens (primary N) is 1. The zero-order valence-corrected chi connectivity index (χ0v) is 7.73. The molecule has 0 aliphatic carbocycles. The van der Waals surface area contributed by atoms with Crippen molar-refractivity contribution in [2.24, 2.45) is 5.90 Å². The minimum atomic E-state index is 0. The molecule has 1 rings (SSSR count). The van der Waals surface area contributed by atoms with Crippen LogP contribution in [0.3, 0.4) is 0 Å². The molecule has 3 N–H and O–H groups in total. The molecule has 3 nitrogen and oxygen atoms in total. The van der Waals surface area contributed by atoms with Crippen LogP contribution in [0.15, 0.2) is 18.2 Å². The van der Waals surface area contributed by atoms with E-state index in [-0.39, 0.29) is 24.8 Å². The smallest absolute Gasteiger partial charge is 0.134 e. The van der Waals surface area contributed by atoms with Gasteiger partial charge >= 0.3 is 0 Å². The Balaban J connectivity index is 0.00000121. The van der Waals surface area contributed by atoms with Crippen molar-refractivity contribution in [3.63, 3.8) is 0 Å². The molecule has 0 heterocycles. The van der Waals surface area contributed by atoms with E-state index in [0.29, 0.717) is 5.02 Å². The van der Waals surface area contributed by atoms with E-state index in [0.717, 1.165) is 5.56 Å². The number of halogens is 2. The van der Waals surface area contributed by atoms with Crippen LogP contribution >= 0.6 is 24.0 Å². The summed E-state index contributed by atoms with van der Waals surface area (Å²) in [6.07, 6.45) is 0. The van der Waals surface area contributed by atoms with Crippen LogP contribution in [-0.2, 0) is 11.4 Å². The van der Waals surface area contributed by atoms with E-state index in [4.69, 9.17) is 22.6 Å². The Hall–Kier alpha value is -0.480. The van der Waals surface area contributed by atoms with Crippen LogP contribution in [0.1, 0.15) is 5.56 Å². The van der Waals surface area contributed by atoms with E-state index in [2.05, 4.69) is 4.84 Å². The number of rotatable bonds is 2. The molecule has 12 heavy (non-hydrogen) atoms. The zero-order valence-electron chi connectivity index (χ0n) is 6.16. The van der Waals surface area contributed by atoms with Crippen LogP contribution in [0.25, 0.3) is 0 Å². The topological polar surface area (TPSA) is 55.5 Å². The fourth-order valence-electron chi connectivity index (χ4n) is 0.744. The summed E-state index contributed by atoms with van der Waals surface area (Å²) in [5.74, 6) is 4.88. The third-order valence-corrected chi connectivity index (χ3v) is 1.58. The van der Waals surface area contributed by atoms with Gasteiger partial charge in [-0.1, -0.05) is 17.7 Å². The molecule has 0 spiro atoms. The van der Waals surface area contributed by atoms with E-state index in [1.807, 2.05) is 0 Å². The van der Waals surface area contributed by atoms with Crippen molar-refractivity contribution in [3.05, 3.63) is 28.8 Å². The van der Waals surface area contributed by atoms with E-state index in [1.165, 1.54) is 6.07 Å². The molecular formula is C7H9Cl2NO2. The summed E-state index contributed by atoms with van der Waals surface area (Å²) in [6.45, 7) is 0.269. The van der Waals surface area contributed by atoms with E-state index >= 15 is 0 Å². The van der Waals surface area contributed by atoms with Crippen LogP contribution in [0.2, 0.25) is 5.02 Å². The van der Waals surface area contributed by atoms with Gasteiger partial charge < -0.3 is 5.11 Å². The van der Waals surface area contributed by atoms with Crippen LogP contribution in [0.5, 0.6) is 5.75 Å². The Morgan fingerprint density at radius 1 is 1.50 bits per heavy atom. The van der Waals surface area contributed by atoms with E-state index in [1.54, 1.807) is 12.1 Å². The maximum Gasteiger partial charge on any atom is 0.134 e. The summed E-state index contributed by atoms with van der Waals surface area (Å²) in [5, 5.41) is 9.42. The van der Waals surface area contributed by atoms with Crippen LogP contribution < -0.4 is 5.90 Å². The zero-order chi connectivity index (χ0) is 8.27. The van der Waals surface area contributed by atoms with Gasteiger partial charge in [-0.25, -0.2) is 5.90 Å². The van der Waals surface area contributed by atoms with Gasteiger partial charge in [0.25, 0.3) is 0 Å². The number of aromatic hydroxyl groups is 1. The maximum absolute atomic E-state index is 9.10. The average Bonchev–Trinajstić information content (AvgIpc) is 1.98. The van der Waals surface area contributed by atoms with Crippen molar-refractivity contribution in [2.45, 2.75) is 6.61 Å². The van der Waals surface area contributed by atoms with Gasteiger partial charge in [0.15, 0.2) is 0 Å². The Labute approximate surface area is 81.5 Å². The highest BCUT2D eigenvalue weighted by atomic mass is 35.5. The predicted molar refractivity (Wildman–Crippen MR) is 49.3 cm³/mol. The molecule has 5 heteroatoms. The molecule has 68 valence electrons. The molecule has 0 aliphatic heterocycles. The molecule has 0 bridgehead atoms. The summed E-state index contributed by atoms with van der Waals surface area (Å²) in [7, 11) is 0.